The minimum absolute atomic E-state index is 0.0291. The Kier molecular flexibility index (Phi) is 3.54. The highest BCUT2D eigenvalue weighted by Gasteiger charge is 2.25. The molecule has 2 aromatic heterocycles. The largest absolute Gasteiger partial charge is 0.477 e. The number of hydrogen-bond acceptors (Lipinski definition) is 5. The first-order valence-corrected chi connectivity index (χ1v) is 6.56. The molecule has 0 atom stereocenters. The van der Waals surface area contributed by atoms with Gasteiger partial charge < -0.3 is 10.4 Å². The highest BCUT2D eigenvalue weighted by atomic mass is 32.1. The molecule has 0 aliphatic heterocycles. The van der Waals surface area contributed by atoms with Crippen molar-refractivity contribution in [3.63, 3.8) is 0 Å². The van der Waals surface area contributed by atoms with Crippen molar-refractivity contribution < 1.29 is 14.7 Å². The van der Waals surface area contributed by atoms with Crippen LogP contribution in [0, 0.1) is 4.64 Å². The second-order valence-electron chi connectivity index (χ2n) is 5.61. The molecule has 0 radical (unpaired) electrons. The maximum Gasteiger partial charge on any atom is 0.343 e. The van der Waals surface area contributed by atoms with Gasteiger partial charge in [-0.2, -0.15) is 0 Å². The van der Waals surface area contributed by atoms with Crippen molar-refractivity contribution in [2.24, 2.45) is 0 Å². The molecule has 3 N–H and O–H groups in total. The highest BCUT2D eigenvalue weighted by molar-refractivity contribution is 7.71. The van der Waals surface area contributed by atoms with Gasteiger partial charge in [0.25, 0.3) is 0 Å². The Morgan fingerprint density at radius 2 is 1.95 bits per heavy atom. The molecule has 0 aromatic carbocycles. The molecule has 0 aliphatic carbocycles. The van der Waals surface area contributed by atoms with Crippen LogP contribution in [0.1, 0.15) is 43.7 Å². The molecule has 2 heterocycles. The van der Waals surface area contributed by atoms with Crippen molar-refractivity contribution >= 4 is 35.6 Å². The number of fused-ring (bicyclic) bond motifs is 1. The van der Waals surface area contributed by atoms with E-state index in [4.69, 9.17) is 12.2 Å². The summed E-state index contributed by atoms with van der Waals surface area (Å²) in [5.74, 6) is -1.61. The maximum atomic E-state index is 11.4. The predicted molar refractivity (Wildman–Crippen MR) is 78.1 cm³/mol. The number of aromatic amines is 1. The summed E-state index contributed by atoms with van der Waals surface area (Å²) in [6.45, 7) is 7.06. The number of aromatic nitrogens is 4. The second kappa shape index (κ2) is 4.92. The molecule has 0 spiro atoms. The third-order valence-electron chi connectivity index (χ3n) is 2.78. The van der Waals surface area contributed by atoms with Gasteiger partial charge in [-0.15, -0.1) is 10.2 Å². The van der Waals surface area contributed by atoms with E-state index in [0.29, 0.717) is 10.3 Å². The first-order valence-electron chi connectivity index (χ1n) is 6.15. The molecule has 9 heteroatoms. The van der Waals surface area contributed by atoms with Gasteiger partial charge in [0.15, 0.2) is 10.3 Å². The van der Waals surface area contributed by atoms with Gasteiger partial charge in [-0.05, 0) is 0 Å². The van der Waals surface area contributed by atoms with Crippen LogP contribution in [0.2, 0.25) is 0 Å². The summed E-state index contributed by atoms with van der Waals surface area (Å²) in [7, 11) is 0. The van der Waals surface area contributed by atoms with Crippen molar-refractivity contribution in [2.75, 3.05) is 5.32 Å². The molecule has 0 unspecified atom stereocenters. The molecule has 2 rings (SSSR count). The van der Waals surface area contributed by atoms with E-state index in [1.165, 1.54) is 11.4 Å². The van der Waals surface area contributed by atoms with Gasteiger partial charge in [-0.25, -0.2) is 9.31 Å². The monoisotopic (exact) mass is 309 g/mol. The lowest BCUT2D eigenvalue weighted by atomic mass is 9.93. The maximum absolute atomic E-state index is 11.4. The minimum atomic E-state index is -1.23. The Hall–Kier alpha value is -2.29. The topological polar surface area (TPSA) is 112 Å². The Labute approximate surface area is 125 Å². The molecule has 8 nitrogen and oxygen atoms in total. The van der Waals surface area contributed by atoms with Gasteiger partial charge in [-0.3, -0.25) is 9.89 Å². The fraction of sp³-hybridized carbons (Fsp3) is 0.417. The van der Waals surface area contributed by atoms with E-state index in [1.54, 1.807) is 0 Å². The Morgan fingerprint density at radius 3 is 2.43 bits per heavy atom. The van der Waals surface area contributed by atoms with Crippen LogP contribution in [-0.4, -0.2) is 36.8 Å². The van der Waals surface area contributed by atoms with Crippen LogP contribution in [-0.2, 0) is 10.2 Å². The minimum Gasteiger partial charge on any atom is -0.477 e. The van der Waals surface area contributed by atoms with Gasteiger partial charge in [0.2, 0.25) is 5.91 Å². The van der Waals surface area contributed by atoms with E-state index < -0.39 is 11.9 Å². The normalized spacial score (nSPS) is 11.6. The number of rotatable bonds is 2. The van der Waals surface area contributed by atoms with E-state index in [9.17, 15) is 14.7 Å². The molecule has 0 saturated heterocycles. The fourth-order valence-corrected chi connectivity index (χ4v) is 2.35. The summed E-state index contributed by atoms with van der Waals surface area (Å²) in [6.07, 6.45) is 0. The summed E-state index contributed by atoms with van der Waals surface area (Å²) < 4.78 is 1.67. The number of amides is 1. The quantitative estimate of drug-likeness (QED) is 0.728. The zero-order valence-electron chi connectivity index (χ0n) is 12.0. The third kappa shape index (κ3) is 2.64. The van der Waals surface area contributed by atoms with E-state index in [2.05, 4.69) is 20.6 Å². The molecule has 112 valence electrons. The van der Waals surface area contributed by atoms with Gasteiger partial charge >= 0.3 is 5.97 Å². The molecule has 0 aliphatic rings. The number of nitrogens with one attached hydrogen (secondary N) is 2. The first-order chi connectivity index (χ1) is 9.62. The van der Waals surface area contributed by atoms with Gasteiger partial charge in [0.05, 0.1) is 0 Å². The summed E-state index contributed by atoms with van der Waals surface area (Å²) in [6, 6.07) is 0. The Bertz CT molecular complexity index is 800. The SMILES string of the molecule is CC(=O)Nc1[nH]n2c(=S)c(C(C)(C)C)nnc2c1C(=O)O. The summed E-state index contributed by atoms with van der Waals surface area (Å²) in [5.41, 5.74) is 0.101. The van der Waals surface area contributed by atoms with E-state index in [1.807, 2.05) is 20.8 Å². The van der Waals surface area contributed by atoms with Crippen LogP contribution >= 0.6 is 12.2 Å². The van der Waals surface area contributed by atoms with Crippen LogP contribution in [0.4, 0.5) is 5.82 Å². The number of aromatic carboxylic acids is 1. The van der Waals surface area contributed by atoms with Crippen molar-refractivity contribution in [2.45, 2.75) is 33.1 Å². The molecular weight excluding hydrogens is 294 g/mol. The average Bonchev–Trinajstić information content (AvgIpc) is 2.65. The zero-order chi connectivity index (χ0) is 15.9. The lowest BCUT2D eigenvalue weighted by Gasteiger charge is -2.16. The fourth-order valence-electron chi connectivity index (χ4n) is 1.87. The molecular formula is C12H15N5O3S. The number of H-pyrrole nitrogens is 1. The van der Waals surface area contributed by atoms with Gasteiger partial charge in [-0.1, -0.05) is 33.0 Å². The standard InChI is InChI=1S/C12H15N5O3S/c1-5(18)13-8-6(11(19)20)9-15-14-7(12(2,3)4)10(21)17(9)16-8/h16H,1-4H3,(H,13,18)(H,19,20). The van der Waals surface area contributed by atoms with Gasteiger partial charge in [0.1, 0.15) is 17.1 Å². The molecule has 1 amide bonds. The highest BCUT2D eigenvalue weighted by Crippen LogP contribution is 2.24. The average molecular weight is 309 g/mol. The molecule has 21 heavy (non-hydrogen) atoms. The van der Waals surface area contributed by atoms with Crippen LogP contribution in [0.5, 0.6) is 0 Å². The number of nitrogens with zero attached hydrogens (tertiary/aromatic N) is 3. The number of hydrogen-bond donors (Lipinski definition) is 3. The molecule has 0 bridgehead atoms. The van der Waals surface area contributed by atoms with Gasteiger partial charge in [0, 0.05) is 12.3 Å². The lowest BCUT2D eigenvalue weighted by Crippen LogP contribution is -2.17. The van der Waals surface area contributed by atoms with Crippen molar-refractivity contribution in [1.82, 2.24) is 19.8 Å². The second-order valence-corrected chi connectivity index (χ2v) is 6.00. The lowest BCUT2D eigenvalue weighted by molar-refractivity contribution is -0.114. The number of carboxylic acid groups (broad SMARTS) is 1. The molecule has 0 saturated carbocycles. The number of anilines is 1. The Balaban J connectivity index is 2.82. The first kappa shape index (κ1) is 15.1. The summed E-state index contributed by atoms with van der Waals surface area (Å²) in [4.78, 5) is 22.6. The van der Waals surface area contributed by atoms with Crippen LogP contribution in [0.3, 0.4) is 0 Å². The van der Waals surface area contributed by atoms with Crippen molar-refractivity contribution in [1.29, 1.82) is 0 Å². The summed E-state index contributed by atoms with van der Waals surface area (Å²) in [5, 5.41) is 22.5. The molecule has 2 aromatic rings. The zero-order valence-corrected chi connectivity index (χ0v) is 12.8. The number of carboxylic acids is 1. The summed E-state index contributed by atoms with van der Waals surface area (Å²) >= 11 is 5.34. The van der Waals surface area contributed by atoms with Crippen LogP contribution < -0.4 is 5.32 Å². The van der Waals surface area contributed by atoms with E-state index in [0.717, 1.165) is 0 Å². The van der Waals surface area contributed by atoms with E-state index >= 15 is 0 Å². The van der Waals surface area contributed by atoms with Crippen LogP contribution in [0.15, 0.2) is 0 Å². The van der Waals surface area contributed by atoms with Crippen molar-refractivity contribution in [3.05, 3.63) is 15.9 Å². The molecule has 0 fully saturated rings. The predicted octanol–water partition coefficient (Wildman–Crippen LogP) is 1.74. The third-order valence-corrected chi connectivity index (χ3v) is 3.16. The number of carbonyl (C=O) groups excluding carboxylic acids is 1. The van der Waals surface area contributed by atoms with E-state index in [-0.39, 0.29) is 22.4 Å². The number of carbonyl (C=O) groups is 2. The van der Waals surface area contributed by atoms with Crippen molar-refractivity contribution in [3.8, 4) is 0 Å². The smallest absolute Gasteiger partial charge is 0.343 e. The Morgan fingerprint density at radius 1 is 1.33 bits per heavy atom. The van der Waals surface area contributed by atoms with Crippen LogP contribution in [0.25, 0.3) is 5.65 Å².